The Bertz CT molecular complexity index is 284. The average molecular weight is 240 g/mol. The van der Waals surface area contributed by atoms with Crippen molar-refractivity contribution in [2.75, 3.05) is 7.05 Å². The topological polar surface area (TPSA) is 41.6 Å². The fourth-order valence-electron chi connectivity index (χ4n) is 3.00. The summed E-state index contributed by atoms with van der Waals surface area (Å²) in [6.45, 7) is 5.68. The van der Waals surface area contributed by atoms with E-state index in [4.69, 9.17) is 4.74 Å². The number of carbonyl (C=O) groups is 1. The van der Waals surface area contributed by atoms with Gasteiger partial charge in [-0.05, 0) is 53.5 Å². The van der Waals surface area contributed by atoms with Gasteiger partial charge in [0.1, 0.15) is 5.60 Å². The van der Waals surface area contributed by atoms with Crippen molar-refractivity contribution in [2.24, 2.45) is 0 Å². The first kappa shape index (κ1) is 12.7. The summed E-state index contributed by atoms with van der Waals surface area (Å²) in [7, 11) is 2.20. The second-order valence-corrected chi connectivity index (χ2v) is 6.37. The van der Waals surface area contributed by atoms with Crippen LogP contribution < -0.4 is 5.32 Å². The van der Waals surface area contributed by atoms with Gasteiger partial charge in [0.15, 0.2) is 0 Å². The molecule has 4 nitrogen and oxygen atoms in total. The van der Waals surface area contributed by atoms with Crippen LogP contribution >= 0.6 is 0 Å². The third kappa shape index (κ3) is 3.12. The molecule has 0 aromatic carbocycles. The van der Waals surface area contributed by atoms with E-state index in [1.807, 2.05) is 20.8 Å². The molecule has 2 heterocycles. The van der Waals surface area contributed by atoms with Gasteiger partial charge in [0, 0.05) is 18.1 Å². The summed E-state index contributed by atoms with van der Waals surface area (Å²) in [5.74, 6) is 0. The summed E-state index contributed by atoms with van der Waals surface area (Å²) in [5, 5.41) is 3.01. The summed E-state index contributed by atoms with van der Waals surface area (Å²) >= 11 is 0. The predicted molar refractivity (Wildman–Crippen MR) is 67.0 cm³/mol. The van der Waals surface area contributed by atoms with E-state index in [0.29, 0.717) is 18.1 Å². The molecule has 2 rings (SSSR count). The van der Waals surface area contributed by atoms with Gasteiger partial charge < -0.3 is 15.0 Å². The number of ether oxygens (including phenoxy) is 1. The van der Waals surface area contributed by atoms with Crippen LogP contribution in [0.4, 0.5) is 4.79 Å². The number of amides is 1. The maximum Gasteiger partial charge on any atom is 0.407 e. The summed E-state index contributed by atoms with van der Waals surface area (Å²) in [6, 6.07) is 1.58. The van der Waals surface area contributed by atoms with Gasteiger partial charge in [0.2, 0.25) is 0 Å². The van der Waals surface area contributed by atoms with E-state index in [-0.39, 0.29) is 6.09 Å². The molecule has 2 atom stereocenters. The van der Waals surface area contributed by atoms with Crippen molar-refractivity contribution in [1.82, 2.24) is 10.2 Å². The lowest BCUT2D eigenvalue weighted by Crippen LogP contribution is -2.49. The Balaban J connectivity index is 1.83. The maximum absolute atomic E-state index is 11.7. The second-order valence-electron chi connectivity index (χ2n) is 6.37. The first-order valence-electron chi connectivity index (χ1n) is 6.56. The molecule has 0 aromatic rings. The summed E-state index contributed by atoms with van der Waals surface area (Å²) < 4.78 is 5.29. The van der Waals surface area contributed by atoms with Gasteiger partial charge in [0.25, 0.3) is 0 Å². The Hall–Kier alpha value is -0.770. The van der Waals surface area contributed by atoms with Gasteiger partial charge in [-0.1, -0.05) is 0 Å². The highest BCUT2D eigenvalue weighted by molar-refractivity contribution is 5.68. The minimum Gasteiger partial charge on any atom is -0.444 e. The number of carbonyl (C=O) groups excluding carboxylic acids is 1. The molecule has 2 aliphatic heterocycles. The highest BCUT2D eigenvalue weighted by atomic mass is 16.6. The van der Waals surface area contributed by atoms with E-state index in [9.17, 15) is 4.79 Å². The van der Waals surface area contributed by atoms with E-state index in [0.717, 1.165) is 12.8 Å². The molecule has 98 valence electrons. The third-order valence-corrected chi connectivity index (χ3v) is 3.82. The zero-order valence-electron chi connectivity index (χ0n) is 11.3. The maximum atomic E-state index is 11.7. The van der Waals surface area contributed by atoms with E-state index in [2.05, 4.69) is 17.3 Å². The molecule has 2 bridgehead atoms. The molecule has 0 aliphatic carbocycles. The minimum absolute atomic E-state index is 0.272. The van der Waals surface area contributed by atoms with Gasteiger partial charge in [0.05, 0.1) is 0 Å². The monoisotopic (exact) mass is 240 g/mol. The molecular weight excluding hydrogens is 216 g/mol. The zero-order valence-corrected chi connectivity index (χ0v) is 11.3. The Morgan fingerprint density at radius 2 is 1.76 bits per heavy atom. The molecule has 17 heavy (non-hydrogen) atoms. The predicted octanol–water partition coefficient (Wildman–Crippen LogP) is 2.14. The average Bonchev–Trinajstić information content (AvgIpc) is 2.42. The van der Waals surface area contributed by atoms with Crippen molar-refractivity contribution in [3.05, 3.63) is 0 Å². The molecule has 0 unspecified atom stereocenters. The first-order valence-corrected chi connectivity index (χ1v) is 6.56. The largest absolute Gasteiger partial charge is 0.444 e. The van der Waals surface area contributed by atoms with E-state index in [1.165, 1.54) is 12.8 Å². The van der Waals surface area contributed by atoms with E-state index >= 15 is 0 Å². The molecule has 1 N–H and O–H groups in total. The number of rotatable bonds is 1. The third-order valence-electron chi connectivity index (χ3n) is 3.82. The molecular formula is C13H24N2O2. The SMILES string of the molecule is CN1[C@H]2CC[C@H]1CC(NC(=O)OC(C)(C)C)C2. The minimum atomic E-state index is -0.408. The molecule has 0 saturated carbocycles. The van der Waals surface area contributed by atoms with Gasteiger partial charge in [-0.3, -0.25) is 0 Å². The Morgan fingerprint density at radius 1 is 1.24 bits per heavy atom. The molecule has 0 aromatic heterocycles. The Morgan fingerprint density at radius 3 is 2.24 bits per heavy atom. The Labute approximate surface area is 104 Å². The normalized spacial score (nSPS) is 33.5. The smallest absolute Gasteiger partial charge is 0.407 e. The van der Waals surface area contributed by atoms with Crippen molar-refractivity contribution in [2.45, 2.75) is 70.2 Å². The van der Waals surface area contributed by atoms with Crippen LogP contribution in [0, 0.1) is 0 Å². The van der Waals surface area contributed by atoms with Crippen LogP contribution in [0.1, 0.15) is 46.5 Å². The molecule has 4 heteroatoms. The van der Waals surface area contributed by atoms with Crippen LogP contribution in [0.5, 0.6) is 0 Å². The van der Waals surface area contributed by atoms with Crippen molar-refractivity contribution < 1.29 is 9.53 Å². The van der Waals surface area contributed by atoms with Crippen LogP contribution in [0.3, 0.4) is 0 Å². The van der Waals surface area contributed by atoms with Crippen molar-refractivity contribution >= 4 is 6.09 Å². The van der Waals surface area contributed by atoms with Gasteiger partial charge >= 0.3 is 6.09 Å². The number of alkyl carbamates (subject to hydrolysis) is 1. The van der Waals surface area contributed by atoms with Crippen LogP contribution in [0.25, 0.3) is 0 Å². The zero-order chi connectivity index (χ0) is 12.6. The highest BCUT2D eigenvalue weighted by Crippen LogP contribution is 2.34. The standard InChI is InChI=1S/C13H24N2O2/c1-13(2,3)17-12(16)14-9-7-10-5-6-11(8-9)15(10)4/h9-11H,5-8H2,1-4H3,(H,14,16)/t10-,11-/m0/s1. The van der Waals surface area contributed by atoms with Crippen LogP contribution in [-0.2, 0) is 4.74 Å². The quantitative estimate of drug-likeness (QED) is 0.763. The van der Waals surface area contributed by atoms with Crippen molar-refractivity contribution in [3.63, 3.8) is 0 Å². The number of hydrogen-bond acceptors (Lipinski definition) is 3. The number of nitrogens with zero attached hydrogens (tertiary/aromatic N) is 1. The lowest BCUT2D eigenvalue weighted by molar-refractivity contribution is 0.0459. The molecule has 2 fully saturated rings. The fraction of sp³-hybridized carbons (Fsp3) is 0.923. The lowest BCUT2D eigenvalue weighted by atomic mass is 9.98. The summed E-state index contributed by atoms with van der Waals surface area (Å²) in [6.07, 6.45) is 4.39. The van der Waals surface area contributed by atoms with Crippen molar-refractivity contribution in [3.8, 4) is 0 Å². The number of hydrogen-bond donors (Lipinski definition) is 1. The molecule has 0 radical (unpaired) electrons. The molecule has 0 spiro atoms. The lowest BCUT2D eigenvalue weighted by Gasteiger charge is -2.36. The summed E-state index contributed by atoms with van der Waals surface area (Å²) in [5.41, 5.74) is -0.408. The van der Waals surface area contributed by atoms with Crippen LogP contribution in [-0.4, -0.2) is 41.8 Å². The second kappa shape index (κ2) is 4.48. The summed E-state index contributed by atoms with van der Waals surface area (Å²) in [4.78, 5) is 14.2. The highest BCUT2D eigenvalue weighted by Gasteiger charge is 2.39. The van der Waals surface area contributed by atoms with Gasteiger partial charge in [-0.15, -0.1) is 0 Å². The van der Waals surface area contributed by atoms with Crippen molar-refractivity contribution in [1.29, 1.82) is 0 Å². The number of nitrogens with one attached hydrogen (secondary N) is 1. The Kier molecular flexibility index (Phi) is 3.34. The van der Waals surface area contributed by atoms with Crippen LogP contribution in [0.15, 0.2) is 0 Å². The van der Waals surface area contributed by atoms with Gasteiger partial charge in [-0.2, -0.15) is 0 Å². The molecule has 2 aliphatic rings. The van der Waals surface area contributed by atoms with Gasteiger partial charge in [-0.25, -0.2) is 4.79 Å². The van der Waals surface area contributed by atoms with Crippen LogP contribution in [0.2, 0.25) is 0 Å². The first-order chi connectivity index (χ1) is 7.85. The number of fused-ring (bicyclic) bond motifs is 2. The number of piperidine rings is 1. The fourth-order valence-corrected chi connectivity index (χ4v) is 3.00. The molecule has 2 saturated heterocycles. The van der Waals surface area contributed by atoms with E-state index < -0.39 is 5.60 Å². The van der Waals surface area contributed by atoms with E-state index in [1.54, 1.807) is 0 Å². The molecule has 1 amide bonds.